The molecule has 0 radical (unpaired) electrons. The molecule has 1 aromatic heterocycles. The van der Waals surface area contributed by atoms with Gasteiger partial charge in [0.05, 0.1) is 6.61 Å². The molecule has 0 bridgehead atoms. The molecule has 5 heteroatoms. The van der Waals surface area contributed by atoms with Crippen LogP contribution in [-0.2, 0) is 4.74 Å². The Bertz CT molecular complexity index is 576. The van der Waals surface area contributed by atoms with Crippen molar-refractivity contribution < 1.29 is 9.53 Å². The van der Waals surface area contributed by atoms with Gasteiger partial charge in [0.15, 0.2) is 5.69 Å². The lowest BCUT2D eigenvalue weighted by Gasteiger charge is -1.99. The zero-order valence-electron chi connectivity index (χ0n) is 11.1. The monoisotopic (exact) mass is 293 g/mol. The number of rotatable bonds is 4. The van der Waals surface area contributed by atoms with Crippen molar-refractivity contribution >= 4 is 29.1 Å². The molecular weight excluding hydrogens is 278 g/mol. The Morgan fingerprint density at radius 3 is 2.63 bits per heavy atom. The molecule has 0 saturated heterocycles. The Balaban J connectivity index is 2.30. The molecule has 0 unspecified atom stereocenters. The van der Waals surface area contributed by atoms with Crippen molar-refractivity contribution in [1.82, 2.24) is 4.98 Å². The highest BCUT2D eigenvalue weighted by Crippen LogP contribution is 2.29. The fourth-order valence-electron chi connectivity index (χ4n) is 1.64. The Hall–Kier alpha value is -1.33. The minimum absolute atomic E-state index is 0.344. The number of aromatic nitrogens is 1. The molecule has 0 aliphatic rings. The molecule has 0 fully saturated rings. The third-order valence-corrected chi connectivity index (χ3v) is 4.37. The molecule has 0 aliphatic carbocycles. The molecule has 0 spiro atoms. The summed E-state index contributed by atoms with van der Waals surface area (Å²) in [5.74, 6) is -0.344. The maximum Gasteiger partial charge on any atom is 0.358 e. The van der Waals surface area contributed by atoms with Gasteiger partial charge < -0.3 is 4.74 Å². The van der Waals surface area contributed by atoms with Crippen LogP contribution in [0.2, 0.25) is 0 Å². The van der Waals surface area contributed by atoms with Gasteiger partial charge in [0.2, 0.25) is 0 Å². The zero-order valence-corrected chi connectivity index (χ0v) is 12.7. The maximum atomic E-state index is 11.7. The summed E-state index contributed by atoms with van der Waals surface area (Å²) < 4.78 is 5.00. The number of carbonyl (C=O) groups excluding carboxylic acids is 1. The minimum atomic E-state index is -0.344. The zero-order chi connectivity index (χ0) is 13.8. The lowest BCUT2D eigenvalue weighted by Crippen LogP contribution is -2.06. The fourth-order valence-corrected chi connectivity index (χ4v) is 2.96. The van der Waals surface area contributed by atoms with Crippen LogP contribution in [-0.4, -0.2) is 23.8 Å². The first-order valence-electron chi connectivity index (χ1n) is 5.94. The summed E-state index contributed by atoms with van der Waals surface area (Å²) in [6.07, 6.45) is 2.04. The Labute approximate surface area is 121 Å². The van der Waals surface area contributed by atoms with E-state index >= 15 is 0 Å². The molecule has 0 saturated carbocycles. The van der Waals surface area contributed by atoms with E-state index in [2.05, 4.69) is 17.1 Å². The highest BCUT2D eigenvalue weighted by molar-refractivity contribution is 7.98. The van der Waals surface area contributed by atoms with E-state index in [0.29, 0.717) is 12.3 Å². The molecular formula is C14H15NO2S2. The molecule has 100 valence electrons. The van der Waals surface area contributed by atoms with Gasteiger partial charge in [0, 0.05) is 15.3 Å². The van der Waals surface area contributed by atoms with Crippen molar-refractivity contribution in [2.75, 3.05) is 12.9 Å². The standard InChI is InChI=1S/C14H15NO2S2/c1-4-17-14(16)12-9(2)19-13(15-12)10-5-7-11(18-3)8-6-10/h5-8H,4H2,1-3H3. The normalized spacial score (nSPS) is 10.5. The molecule has 0 atom stereocenters. The van der Waals surface area contributed by atoms with Crippen LogP contribution >= 0.6 is 23.1 Å². The van der Waals surface area contributed by atoms with E-state index in [4.69, 9.17) is 4.74 Å². The average Bonchev–Trinajstić information content (AvgIpc) is 2.81. The summed E-state index contributed by atoms with van der Waals surface area (Å²) in [5.41, 5.74) is 1.46. The summed E-state index contributed by atoms with van der Waals surface area (Å²) >= 11 is 3.22. The molecule has 0 amide bonds. The number of hydrogen-bond donors (Lipinski definition) is 0. The number of aryl methyl sites for hydroxylation is 1. The fraction of sp³-hybridized carbons (Fsp3) is 0.286. The van der Waals surface area contributed by atoms with Crippen molar-refractivity contribution in [1.29, 1.82) is 0 Å². The summed E-state index contributed by atoms with van der Waals surface area (Å²) in [4.78, 5) is 18.2. The molecule has 1 heterocycles. The number of hydrogen-bond acceptors (Lipinski definition) is 5. The van der Waals surface area contributed by atoms with Crippen LogP contribution in [0.3, 0.4) is 0 Å². The van der Waals surface area contributed by atoms with Crippen LogP contribution in [0.4, 0.5) is 0 Å². The lowest BCUT2D eigenvalue weighted by molar-refractivity contribution is 0.0519. The van der Waals surface area contributed by atoms with Crippen LogP contribution < -0.4 is 0 Å². The van der Waals surface area contributed by atoms with Crippen molar-refractivity contribution in [3.8, 4) is 10.6 Å². The number of carbonyl (C=O) groups is 1. The minimum Gasteiger partial charge on any atom is -0.461 e. The van der Waals surface area contributed by atoms with Gasteiger partial charge in [-0.15, -0.1) is 23.1 Å². The maximum absolute atomic E-state index is 11.7. The number of thioether (sulfide) groups is 1. The topological polar surface area (TPSA) is 39.2 Å². The Morgan fingerprint density at radius 1 is 1.37 bits per heavy atom. The third kappa shape index (κ3) is 3.16. The predicted molar refractivity (Wildman–Crippen MR) is 80.0 cm³/mol. The highest BCUT2D eigenvalue weighted by atomic mass is 32.2. The molecule has 1 aromatic carbocycles. The first kappa shape index (κ1) is 14.1. The first-order chi connectivity index (χ1) is 9.15. The second-order valence-corrected chi connectivity index (χ2v) is 5.96. The predicted octanol–water partition coefficient (Wildman–Crippen LogP) is 4.02. The second kappa shape index (κ2) is 6.21. The summed E-state index contributed by atoms with van der Waals surface area (Å²) in [7, 11) is 0. The smallest absolute Gasteiger partial charge is 0.358 e. The molecule has 19 heavy (non-hydrogen) atoms. The number of nitrogens with zero attached hydrogens (tertiary/aromatic N) is 1. The van der Waals surface area contributed by atoms with E-state index in [1.807, 2.05) is 25.3 Å². The van der Waals surface area contributed by atoms with E-state index in [-0.39, 0.29) is 5.97 Å². The van der Waals surface area contributed by atoms with E-state index < -0.39 is 0 Å². The number of benzene rings is 1. The Morgan fingerprint density at radius 2 is 2.05 bits per heavy atom. The van der Waals surface area contributed by atoms with Gasteiger partial charge in [-0.2, -0.15) is 0 Å². The van der Waals surface area contributed by atoms with Gasteiger partial charge in [-0.05, 0) is 32.2 Å². The number of thiazole rings is 1. The van der Waals surface area contributed by atoms with Crippen molar-refractivity contribution in [3.05, 3.63) is 34.8 Å². The van der Waals surface area contributed by atoms with Gasteiger partial charge >= 0.3 is 5.97 Å². The van der Waals surface area contributed by atoms with Gasteiger partial charge in [0.25, 0.3) is 0 Å². The largest absolute Gasteiger partial charge is 0.461 e. The van der Waals surface area contributed by atoms with Crippen LogP contribution in [0, 0.1) is 6.92 Å². The first-order valence-corrected chi connectivity index (χ1v) is 7.98. The van der Waals surface area contributed by atoms with E-state index in [1.54, 1.807) is 18.7 Å². The van der Waals surface area contributed by atoms with Gasteiger partial charge in [-0.25, -0.2) is 9.78 Å². The van der Waals surface area contributed by atoms with E-state index in [0.717, 1.165) is 15.4 Å². The van der Waals surface area contributed by atoms with Gasteiger partial charge in [-0.1, -0.05) is 12.1 Å². The molecule has 0 N–H and O–H groups in total. The quantitative estimate of drug-likeness (QED) is 0.630. The number of ether oxygens (including phenoxy) is 1. The van der Waals surface area contributed by atoms with Crippen LogP contribution in [0.15, 0.2) is 29.2 Å². The average molecular weight is 293 g/mol. The third-order valence-electron chi connectivity index (χ3n) is 2.60. The molecule has 2 aromatic rings. The molecule has 3 nitrogen and oxygen atoms in total. The van der Waals surface area contributed by atoms with Crippen LogP contribution in [0.25, 0.3) is 10.6 Å². The molecule has 2 rings (SSSR count). The SMILES string of the molecule is CCOC(=O)c1nc(-c2ccc(SC)cc2)sc1C. The van der Waals surface area contributed by atoms with Gasteiger partial charge in [-0.3, -0.25) is 0 Å². The second-order valence-electron chi connectivity index (χ2n) is 3.87. The van der Waals surface area contributed by atoms with Crippen LogP contribution in [0.5, 0.6) is 0 Å². The van der Waals surface area contributed by atoms with E-state index in [9.17, 15) is 4.79 Å². The Kier molecular flexibility index (Phi) is 4.61. The molecule has 0 aliphatic heterocycles. The van der Waals surface area contributed by atoms with Crippen molar-refractivity contribution in [3.63, 3.8) is 0 Å². The van der Waals surface area contributed by atoms with Crippen molar-refractivity contribution in [2.45, 2.75) is 18.7 Å². The van der Waals surface area contributed by atoms with E-state index in [1.165, 1.54) is 16.2 Å². The van der Waals surface area contributed by atoms with Gasteiger partial charge in [0.1, 0.15) is 5.01 Å². The summed E-state index contributed by atoms with van der Waals surface area (Å²) in [5, 5.41) is 0.855. The highest BCUT2D eigenvalue weighted by Gasteiger charge is 2.17. The number of esters is 1. The summed E-state index contributed by atoms with van der Waals surface area (Å²) in [6, 6.07) is 8.17. The van der Waals surface area contributed by atoms with Crippen LogP contribution in [0.1, 0.15) is 22.3 Å². The van der Waals surface area contributed by atoms with Crippen molar-refractivity contribution in [2.24, 2.45) is 0 Å². The summed E-state index contributed by atoms with van der Waals surface area (Å²) in [6.45, 7) is 4.05. The lowest BCUT2D eigenvalue weighted by atomic mass is 10.2.